The van der Waals surface area contributed by atoms with E-state index in [9.17, 15) is 4.79 Å². The standard InChI is InChI=1S/C15H13NOS/c17-15(16-12-7-2-1-3-8-12)14-10-11-6-4-5-9-13(11)18-14/h1-9,14H,10H2,(H,16,17). The molecule has 1 N–H and O–H groups in total. The molecule has 90 valence electrons. The second-order valence-corrected chi connectivity index (χ2v) is 5.52. The van der Waals surface area contributed by atoms with Crippen LogP contribution in [0, 0.1) is 0 Å². The molecule has 1 aliphatic heterocycles. The summed E-state index contributed by atoms with van der Waals surface area (Å²) in [6.07, 6.45) is 0.819. The SMILES string of the molecule is O=C(Nc1ccccc1)C1Cc2ccccc2S1. The maximum Gasteiger partial charge on any atom is 0.238 e. The van der Waals surface area contributed by atoms with Gasteiger partial charge in [0.1, 0.15) is 0 Å². The Morgan fingerprint density at radius 3 is 2.56 bits per heavy atom. The molecule has 0 bridgehead atoms. The van der Waals surface area contributed by atoms with Crippen molar-refractivity contribution in [3.05, 3.63) is 60.2 Å². The van der Waals surface area contributed by atoms with E-state index in [-0.39, 0.29) is 11.2 Å². The highest BCUT2D eigenvalue weighted by Gasteiger charge is 2.27. The Morgan fingerprint density at radius 1 is 1.06 bits per heavy atom. The highest BCUT2D eigenvalue weighted by atomic mass is 32.2. The van der Waals surface area contributed by atoms with E-state index in [0.717, 1.165) is 12.1 Å². The number of carbonyl (C=O) groups is 1. The summed E-state index contributed by atoms with van der Waals surface area (Å²) in [5.41, 5.74) is 2.13. The van der Waals surface area contributed by atoms with Gasteiger partial charge in [-0.2, -0.15) is 0 Å². The topological polar surface area (TPSA) is 29.1 Å². The molecule has 1 unspecified atom stereocenters. The summed E-state index contributed by atoms with van der Waals surface area (Å²) in [5.74, 6) is 0.0856. The number of para-hydroxylation sites is 1. The smallest absolute Gasteiger partial charge is 0.238 e. The van der Waals surface area contributed by atoms with E-state index in [1.165, 1.54) is 10.5 Å². The zero-order chi connectivity index (χ0) is 12.4. The molecule has 1 heterocycles. The van der Waals surface area contributed by atoms with Gasteiger partial charge >= 0.3 is 0 Å². The van der Waals surface area contributed by atoms with Crippen LogP contribution in [0.1, 0.15) is 5.56 Å². The van der Waals surface area contributed by atoms with E-state index in [1.807, 2.05) is 42.5 Å². The van der Waals surface area contributed by atoms with Gasteiger partial charge in [0.25, 0.3) is 0 Å². The predicted molar refractivity (Wildman–Crippen MR) is 74.9 cm³/mol. The van der Waals surface area contributed by atoms with Gasteiger partial charge in [0.2, 0.25) is 5.91 Å². The number of anilines is 1. The minimum Gasteiger partial charge on any atom is -0.325 e. The summed E-state index contributed by atoms with van der Waals surface area (Å²) in [5, 5.41) is 2.95. The van der Waals surface area contributed by atoms with Crippen LogP contribution in [-0.2, 0) is 11.2 Å². The molecular weight excluding hydrogens is 242 g/mol. The molecule has 0 aliphatic carbocycles. The van der Waals surface area contributed by atoms with Crippen LogP contribution in [0.25, 0.3) is 0 Å². The minimum atomic E-state index is -0.0115. The lowest BCUT2D eigenvalue weighted by Gasteiger charge is -2.09. The van der Waals surface area contributed by atoms with Crippen molar-refractivity contribution in [2.75, 3.05) is 5.32 Å². The van der Waals surface area contributed by atoms with Gasteiger partial charge in [-0.15, -0.1) is 11.8 Å². The molecule has 3 rings (SSSR count). The normalized spacial score (nSPS) is 17.2. The number of amides is 1. The molecule has 0 aromatic heterocycles. The minimum absolute atomic E-state index is 0.0115. The van der Waals surface area contributed by atoms with Crippen molar-refractivity contribution in [2.24, 2.45) is 0 Å². The zero-order valence-electron chi connectivity index (χ0n) is 9.80. The first-order chi connectivity index (χ1) is 8.83. The molecular formula is C15H13NOS. The Hall–Kier alpha value is -1.74. The molecule has 0 saturated carbocycles. The third-order valence-electron chi connectivity index (χ3n) is 2.98. The Balaban J connectivity index is 1.70. The van der Waals surface area contributed by atoms with Crippen molar-refractivity contribution in [2.45, 2.75) is 16.6 Å². The first kappa shape index (κ1) is 11.4. The Labute approximate surface area is 110 Å². The molecule has 2 aromatic rings. The van der Waals surface area contributed by atoms with Crippen molar-refractivity contribution >= 4 is 23.4 Å². The summed E-state index contributed by atoms with van der Waals surface area (Å²) in [4.78, 5) is 13.4. The van der Waals surface area contributed by atoms with E-state index in [1.54, 1.807) is 11.8 Å². The molecule has 1 aliphatic rings. The number of hydrogen-bond acceptors (Lipinski definition) is 2. The average Bonchev–Trinajstić information content (AvgIpc) is 2.84. The zero-order valence-corrected chi connectivity index (χ0v) is 10.6. The van der Waals surface area contributed by atoms with Crippen molar-refractivity contribution in [3.8, 4) is 0 Å². The molecule has 2 aromatic carbocycles. The summed E-state index contributed by atoms with van der Waals surface area (Å²) < 4.78 is 0. The summed E-state index contributed by atoms with van der Waals surface area (Å²) in [6.45, 7) is 0. The first-order valence-electron chi connectivity index (χ1n) is 5.93. The van der Waals surface area contributed by atoms with Crippen LogP contribution >= 0.6 is 11.8 Å². The molecule has 18 heavy (non-hydrogen) atoms. The van der Waals surface area contributed by atoms with Crippen LogP contribution in [0.15, 0.2) is 59.5 Å². The predicted octanol–water partition coefficient (Wildman–Crippen LogP) is 3.34. The monoisotopic (exact) mass is 255 g/mol. The van der Waals surface area contributed by atoms with Crippen molar-refractivity contribution in [1.29, 1.82) is 0 Å². The maximum atomic E-state index is 12.2. The highest BCUT2D eigenvalue weighted by molar-refractivity contribution is 8.01. The molecule has 2 nitrogen and oxygen atoms in total. The van der Waals surface area contributed by atoms with E-state index < -0.39 is 0 Å². The first-order valence-corrected chi connectivity index (χ1v) is 6.81. The second-order valence-electron chi connectivity index (χ2n) is 4.27. The third kappa shape index (κ3) is 2.27. The van der Waals surface area contributed by atoms with Gasteiger partial charge in [-0.1, -0.05) is 36.4 Å². The number of thioether (sulfide) groups is 1. The summed E-state index contributed by atoms with van der Waals surface area (Å²) in [7, 11) is 0. The Morgan fingerprint density at radius 2 is 1.78 bits per heavy atom. The number of hydrogen-bond donors (Lipinski definition) is 1. The fourth-order valence-corrected chi connectivity index (χ4v) is 3.27. The molecule has 0 spiro atoms. The number of fused-ring (bicyclic) bond motifs is 1. The highest BCUT2D eigenvalue weighted by Crippen LogP contribution is 2.37. The molecule has 0 saturated heterocycles. The van der Waals surface area contributed by atoms with Crippen molar-refractivity contribution in [1.82, 2.24) is 0 Å². The summed E-state index contributed by atoms with van der Waals surface area (Å²) >= 11 is 1.65. The van der Waals surface area contributed by atoms with E-state index >= 15 is 0 Å². The van der Waals surface area contributed by atoms with Gasteiger partial charge in [0, 0.05) is 10.6 Å². The van der Waals surface area contributed by atoms with Crippen LogP contribution in [-0.4, -0.2) is 11.2 Å². The van der Waals surface area contributed by atoms with Crippen LogP contribution in [0.2, 0.25) is 0 Å². The van der Waals surface area contributed by atoms with E-state index in [4.69, 9.17) is 0 Å². The third-order valence-corrected chi connectivity index (χ3v) is 4.30. The van der Waals surface area contributed by atoms with Gasteiger partial charge in [-0.3, -0.25) is 4.79 Å². The maximum absolute atomic E-state index is 12.2. The number of rotatable bonds is 2. The molecule has 3 heteroatoms. The van der Waals surface area contributed by atoms with Crippen LogP contribution in [0.4, 0.5) is 5.69 Å². The van der Waals surface area contributed by atoms with E-state index in [0.29, 0.717) is 0 Å². The van der Waals surface area contributed by atoms with Crippen molar-refractivity contribution in [3.63, 3.8) is 0 Å². The van der Waals surface area contributed by atoms with Crippen molar-refractivity contribution < 1.29 is 4.79 Å². The quantitative estimate of drug-likeness (QED) is 0.891. The Kier molecular flexibility index (Phi) is 3.07. The van der Waals surface area contributed by atoms with Gasteiger partial charge < -0.3 is 5.32 Å². The molecule has 1 atom stereocenters. The summed E-state index contributed by atoms with van der Waals surface area (Å²) in [6, 6.07) is 17.8. The van der Waals surface area contributed by atoms with Gasteiger partial charge in [-0.05, 0) is 30.2 Å². The van der Waals surface area contributed by atoms with E-state index in [2.05, 4.69) is 17.4 Å². The lowest BCUT2D eigenvalue weighted by molar-refractivity contribution is -0.115. The van der Waals surface area contributed by atoms with Crippen LogP contribution in [0.5, 0.6) is 0 Å². The number of carbonyl (C=O) groups excluding carboxylic acids is 1. The number of nitrogens with one attached hydrogen (secondary N) is 1. The van der Waals surface area contributed by atoms with Gasteiger partial charge in [0.05, 0.1) is 5.25 Å². The van der Waals surface area contributed by atoms with Crippen LogP contribution in [0.3, 0.4) is 0 Å². The van der Waals surface area contributed by atoms with Crippen LogP contribution < -0.4 is 5.32 Å². The molecule has 1 amide bonds. The largest absolute Gasteiger partial charge is 0.325 e. The lowest BCUT2D eigenvalue weighted by atomic mass is 10.1. The van der Waals surface area contributed by atoms with Gasteiger partial charge in [0.15, 0.2) is 0 Å². The fourth-order valence-electron chi connectivity index (χ4n) is 2.07. The molecule has 0 fully saturated rings. The second kappa shape index (κ2) is 4.86. The number of benzene rings is 2. The fraction of sp³-hybridized carbons (Fsp3) is 0.133. The average molecular weight is 255 g/mol. The lowest BCUT2D eigenvalue weighted by Crippen LogP contribution is -2.24. The van der Waals surface area contributed by atoms with Gasteiger partial charge in [-0.25, -0.2) is 0 Å². The molecule has 0 radical (unpaired) electrons. The Bertz CT molecular complexity index is 543.